The van der Waals surface area contributed by atoms with Crippen molar-refractivity contribution in [3.63, 3.8) is 0 Å². The smallest absolute Gasteiger partial charge is 0.123 e. The van der Waals surface area contributed by atoms with Gasteiger partial charge in [0.1, 0.15) is 5.75 Å². The summed E-state index contributed by atoms with van der Waals surface area (Å²) in [7, 11) is 0. The number of unbranched alkanes of at least 4 members (excludes halogenated alkanes) is 1. The van der Waals surface area contributed by atoms with Crippen molar-refractivity contribution in [3.05, 3.63) is 29.3 Å². The van der Waals surface area contributed by atoms with Gasteiger partial charge in [0, 0.05) is 0 Å². The highest BCUT2D eigenvalue weighted by molar-refractivity contribution is 5.41. The summed E-state index contributed by atoms with van der Waals surface area (Å²) < 4.78 is 6.02. The zero-order valence-electron chi connectivity index (χ0n) is 14.8. The van der Waals surface area contributed by atoms with Gasteiger partial charge in [-0.2, -0.15) is 0 Å². The van der Waals surface area contributed by atoms with Gasteiger partial charge >= 0.3 is 0 Å². The van der Waals surface area contributed by atoms with E-state index in [1.54, 1.807) is 0 Å². The third-order valence-electron chi connectivity index (χ3n) is 3.50. The Morgan fingerprint density at radius 3 is 2.48 bits per heavy atom. The molecule has 0 saturated heterocycles. The SMILES string of the molecule is Cc1ccc(OCCCCNCC(C)C)c(C(C)(C)C)c1. The molecule has 0 atom stereocenters. The van der Waals surface area contributed by atoms with E-state index in [0.29, 0.717) is 0 Å². The second kappa shape index (κ2) is 8.43. The summed E-state index contributed by atoms with van der Waals surface area (Å²) in [6.45, 7) is 16.3. The van der Waals surface area contributed by atoms with Crippen LogP contribution in [0.5, 0.6) is 5.75 Å². The fraction of sp³-hybridized carbons (Fsp3) is 0.684. The van der Waals surface area contributed by atoms with Gasteiger partial charge in [0.25, 0.3) is 0 Å². The van der Waals surface area contributed by atoms with Crippen LogP contribution in [0.15, 0.2) is 18.2 Å². The van der Waals surface area contributed by atoms with E-state index < -0.39 is 0 Å². The standard InChI is InChI=1S/C19H33NO/c1-15(2)14-20-11-7-8-12-21-18-10-9-16(3)13-17(18)19(4,5)6/h9-10,13,15,20H,7-8,11-12,14H2,1-6H3. The van der Waals surface area contributed by atoms with Gasteiger partial charge in [0.15, 0.2) is 0 Å². The van der Waals surface area contributed by atoms with Gasteiger partial charge in [-0.3, -0.25) is 0 Å². The molecule has 0 amide bonds. The van der Waals surface area contributed by atoms with Gasteiger partial charge in [0.2, 0.25) is 0 Å². The number of rotatable bonds is 8. The summed E-state index contributed by atoms with van der Waals surface area (Å²) in [6, 6.07) is 6.50. The Labute approximate surface area is 131 Å². The maximum Gasteiger partial charge on any atom is 0.123 e. The first-order valence-electron chi connectivity index (χ1n) is 8.25. The summed E-state index contributed by atoms with van der Waals surface area (Å²) in [5.41, 5.74) is 2.73. The van der Waals surface area contributed by atoms with E-state index in [-0.39, 0.29) is 5.41 Å². The molecule has 1 aromatic carbocycles. The molecule has 0 aliphatic heterocycles. The van der Waals surface area contributed by atoms with Crippen LogP contribution in [-0.2, 0) is 5.41 Å². The predicted molar refractivity (Wildman–Crippen MR) is 92.3 cm³/mol. The van der Waals surface area contributed by atoms with Crippen molar-refractivity contribution >= 4 is 0 Å². The van der Waals surface area contributed by atoms with Crippen LogP contribution < -0.4 is 10.1 Å². The van der Waals surface area contributed by atoms with Crippen LogP contribution in [0.4, 0.5) is 0 Å². The first-order chi connectivity index (χ1) is 9.80. The highest BCUT2D eigenvalue weighted by atomic mass is 16.5. The maximum absolute atomic E-state index is 6.02. The number of aryl methyl sites for hydroxylation is 1. The molecule has 1 N–H and O–H groups in total. The van der Waals surface area contributed by atoms with Crippen molar-refractivity contribution in [1.82, 2.24) is 5.32 Å². The van der Waals surface area contributed by atoms with Crippen LogP contribution in [0.2, 0.25) is 0 Å². The lowest BCUT2D eigenvalue weighted by Crippen LogP contribution is -2.21. The summed E-state index contributed by atoms with van der Waals surface area (Å²) in [5, 5.41) is 3.47. The Morgan fingerprint density at radius 2 is 1.86 bits per heavy atom. The number of hydrogen-bond donors (Lipinski definition) is 1. The fourth-order valence-corrected chi connectivity index (χ4v) is 2.28. The van der Waals surface area contributed by atoms with E-state index in [9.17, 15) is 0 Å². The molecule has 0 aromatic heterocycles. The summed E-state index contributed by atoms with van der Waals surface area (Å²) in [4.78, 5) is 0. The predicted octanol–water partition coefficient (Wildman–Crippen LogP) is 4.70. The van der Waals surface area contributed by atoms with Gasteiger partial charge in [-0.15, -0.1) is 0 Å². The second-order valence-corrected chi connectivity index (χ2v) is 7.40. The largest absolute Gasteiger partial charge is 0.493 e. The molecular formula is C19H33NO. The first-order valence-corrected chi connectivity index (χ1v) is 8.25. The molecule has 1 rings (SSSR count). The van der Waals surface area contributed by atoms with E-state index >= 15 is 0 Å². The lowest BCUT2D eigenvalue weighted by Gasteiger charge is -2.23. The van der Waals surface area contributed by atoms with Crippen LogP contribution in [0.3, 0.4) is 0 Å². The monoisotopic (exact) mass is 291 g/mol. The van der Waals surface area contributed by atoms with Crippen molar-refractivity contribution in [3.8, 4) is 5.75 Å². The summed E-state index contributed by atoms with van der Waals surface area (Å²) in [6.07, 6.45) is 2.27. The Hall–Kier alpha value is -1.02. The Bertz CT molecular complexity index is 418. The van der Waals surface area contributed by atoms with Gasteiger partial charge in [-0.1, -0.05) is 52.3 Å². The third kappa shape index (κ3) is 6.99. The molecule has 0 aliphatic rings. The van der Waals surface area contributed by atoms with Crippen molar-refractivity contribution in [2.24, 2.45) is 5.92 Å². The van der Waals surface area contributed by atoms with Crippen molar-refractivity contribution < 1.29 is 4.74 Å². The molecule has 0 heterocycles. The number of hydrogen-bond acceptors (Lipinski definition) is 2. The molecule has 0 fully saturated rings. The summed E-state index contributed by atoms with van der Waals surface area (Å²) in [5.74, 6) is 1.77. The number of benzene rings is 1. The van der Waals surface area contributed by atoms with E-state index in [2.05, 4.69) is 65.1 Å². The number of nitrogens with one attached hydrogen (secondary N) is 1. The lowest BCUT2D eigenvalue weighted by molar-refractivity contribution is 0.297. The normalized spacial score (nSPS) is 12.0. The molecule has 0 unspecified atom stereocenters. The quantitative estimate of drug-likeness (QED) is 0.701. The van der Waals surface area contributed by atoms with Crippen molar-refractivity contribution in [2.45, 2.75) is 59.8 Å². The zero-order valence-corrected chi connectivity index (χ0v) is 14.8. The molecule has 0 aliphatic carbocycles. The average Bonchev–Trinajstić information content (AvgIpc) is 2.37. The van der Waals surface area contributed by atoms with E-state index in [1.807, 2.05) is 0 Å². The minimum absolute atomic E-state index is 0.125. The summed E-state index contributed by atoms with van der Waals surface area (Å²) >= 11 is 0. The second-order valence-electron chi connectivity index (χ2n) is 7.40. The lowest BCUT2D eigenvalue weighted by atomic mass is 9.85. The van der Waals surface area contributed by atoms with Gasteiger partial charge in [-0.25, -0.2) is 0 Å². The fourth-order valence-electron chi connectivity index (χ4n) is 2.28. The molecule has 21 heavy (non-hydrogen) atoms. The Kier molecular flexibility index (Phi) is 7.24. The molecule has 2 nitrogen and oxygen atoms in total. The van der Waals surface area contributed by atoms with Crippen LogP contribution in [0.25, 0.3) is 0 Å². The maximum atomic E-state index is 6.02. The third-order valence-corrected chi connectivity index (χ3v) is 3.50. The zero-order chi connectivity index (χ0) is 15.9. The van der Waals surface area contributed by atoms with Gasteiger partial charge in [-0.05, 0) is 55.8 Å². The highest BCUT2D eigenvalue weighted by Gasteiger charge is 2.18. The number of ether oxygens (including phenoxy) is 1. The van der Waals surface area contributed by atoms with Crippen LogP contribution in [0.1, 0.15) is 58.6 Å². The van der Waals surface area contributed by atoms with E-state index in [1.165, 1.54) is 17.5 Å². The molecule has 0 spiro atoms. The molecule has 1 aromatic rings. The molecule has 0 saturated carbocycles. The minimum atomic E-state index is 0.125. The molecule has 2 heteroatoms. The van der Waals surface area contributed by atoms with Crippen LogP contribution in [-0.4, -0.2) is 19.7 Å². The Morgan fingerprint density at radius 1 is 1.14 bits per heavy atom. The topological polar surface area (TPSA) is 21.3 Å². The average molecular weight is 291 g/mol. The van der Waals surface area contributed by atoms with E-state index in [0.717, 1.165) is 37.8 Å². The van der Waals surface area contributed by atoms with Crippen LogP contribution >= 0.6 is 0 Å². The first kappa shape index (κ1) is 18.0. The van der Waals surface area contributed by atoms with E-state index in [4.69, 9.17) is 4.74 Å². The molecule has 0 bridgehead atoms. The van der Waals surface area contributed by atoms with Crippen molar-refractivity contribution in [2.75, 3.05) is 19.7 Å². The highest BCUT2D eigenvalue weighted by Crippen LogP contribution is 2.32. The van der Waals surface area contributed by atoms with Crippen LogP contribution in [0, 0.1) is 12.8 Å². The molecule has 0 radical (unpaired) electrons. The minimum Gasteiger partial charge on any atom is -0.493 e. The van der Waals surface area contributed by atoms with Gasteiger partial charge in [0.05, 0.1) is 6.61 Å². The molecular weight excluding hydrogens is 258 g/mol. The molecule has 120 valence electrons. The van der Waals surface area contributed by atoms with Crippen molar-refractivity contribution in [1.29, 1.82) is 0 Å². The Balaban J connectivity index is 2.39. The van der Waals surface area contributed by atoms with Gasteiger partial charge < -0.3 is 10.1 Å².